The highest BCUT2D eigenvalue weighted by atomic mass is 19.1. The van der Waals surface area contributed by atoms with Gasteiger partial charge in [0, 0.05) is 5.56 Å². The average molecular weight is 276 g/mol. The molecule has 2 aromatic rings. The van der Waals surface area contributed by atoms with Crippen LogP contribution in [0.2, 0.25) is 0 Å². The molecule has 2 rings (SSSR count). The summed E-state index contributed by atoms with van der Waals surface area (Å²) in [5.41, 5.74) is 6.51. The summed E-state index contributed by atoms with van der Waals surface area (Å²) >= 11 is 0. The first-order valence-corrected chi connectivity index (χ1v) is 5.75. The Morgan fingerprint density at radius 3 is 2.90 bits per heavy atom. The Bertz CT molecular complexity index is 619. The van der Waals surface area contributed by atoms with Gasteiger partial charge in [0.25, 0.3) is 0 Å². The highest BCUT2D eigenvalue weighted by molar-refractivity contribution is 5.87. The number of nitrogen functional groups attached to an aromatic ring is 1. The van der Waals surface area contributed by atoms with Gasteiger partial charge in [0.2, 0.25) is 5.88 Å². The minimum atomic E-state index is -0.346. The monoisotopic (exact) mass is 276 g/mol. The SMILES string of the molecule is CO/N=C\c1c(N)ncnc1OCc1ccccc1F. The van der Waals surface area contributed by atoms with Crippen molar-refractivity contribution in [1.29, 1.82) is 0 Å². The predicted molar refractivity (Wildman–Crippen MR) is 71.8 cm³/mol. The predicted octanol–water partition coefficient (Wildman–Crippen LogP) is 1.76. The van der Waals surface area contributed by atoms with Crippen LogP contribution in [0.25, 0.3) is 0 Å². The molecule has 1 aromatic heterocycles. The Morgan fingerprint density at radius 1 is 1.35 bits per heavy atom. The Kier molecular flexibility index (Phi) is 4.43. The van der Waals surface area contributed by atoms with Crippen molar-refractivity contribution < 1.29 is 14.0 Å². The molecule has 1 aromatic carbocycles. The molecule has 20 heavy (non-hydrogen) atoms. The molecule has 1 heterocycles. The zero-order valence-electron chi connectivity index (χ0n) is 10.8. The molecule has 0 saturated heterocycles. The largest absolute Gasteiger partial charge is 0.472 e. The van der Waals surface area contributed by atoms with Gasteiger partial charge in [-0.15, -0.1) is 0 Å². The molecule has 104 valence electrons. The van der Waals surface area contributed by atoms with Crippen molar-refractivity contribution in [3.63, 3.8) is 0 Å². The molecule has 0 saturated carbocycles. The van der Waals surface area contributed by atoms with Crippen molar-refractivity contribution in [3.05, 3.63) is 47.5 Å². The fourth-order valence-electron chi connectivity index (χ4n) is 1.50. The average Bonchev–Trinajstić information content (AvgIpc) is 2.45. The molecule has 2 N–H and O–H groups in total. The zero-order chi connectivity index (χ0) is 14.4. The molecule has 0 aliphatic rings. The second kappa shape index (κ2) is 6.46. The summed E-state index contributed by atoms with van der Waals surface area (Å²) in [4.78, 5) is 12.4. The van der Waals surface area contributed by atoms with Crippen LogP contribution in [0.15, 0.2) is 35.7 Å². The van der Waals surface area contributed by atoms with E-state index in [1.54, 1.807) is 18.2 Å². The second-order valence-corrected chi connectivity index (χ2v) is 3.77. The minimum absolute atomic E-state index is 0.0248. The van der Waals surface area contributed by atoms with Gasteiger partial charge < -0.3 is 15.3 Å². The van der Waals surface area contributed by atoms with Crippen LogP contribution in [0.5, 0.6) is 5.88 Å². The first-order valence-electron chi connectivity index (χ1n) is 5.75. The number of anilines is 1. The summed E-state index contributed by atoms with van der Waals surface area (Å²) in [6.45, 7) is 0.0248. The number of oxime groups is 1. The summed E-state index contributed by atoms with van der Waals surface area (Å²) < 4.78 is 19.0. The van der Waals surface area contributed by atoms with E-state index in [0.717, 1.165) is 0 Å². The third kappa shape index (κ3) is 3.19. The third-order valence-corrected chi connectivity index (χ3v) is 2.49. The molecule has 0 spiro atoms. The van der Waals surface area contributed by atoms with Crippen molar-refractivity contribution in [3.8, 4) is 5.88 Å². The van der Waals surface area contributed by atoms with Crippen molar-refractivity contribution in [2.24, 2.45) is 5.16 Å². The summed E-state index contributed by atoms with van der Waals surface area (Å²) in [6.07, 6.45) is 2.60. The van der Waals surface area contributed by atoms with Crippen molar-refractivity contribution in [2.45, 2.75) is 6.61 Å². The maximum absolute atomic E-state index is 13.5. The topological polar surface area (TPSA) is 82.6 Å². The smallest absolute Gasteiger partial charge is 0.228 e. The highest BCUT2D eigenvalue weighted by Crippen LogP contribution is 2.19. The molecular formula is C13H13FN4O2. The molecule has 0 fully saturated rings. The van der Waals surface area contributed by atoms with E-state index >= 15 is 0 Å². The lowest BCUT2D eigenvalue weighted by Gasteiger charge is -2.09. The number of hydrogen-bond donors (Lipinski definition) is 1. The number of benzene rings is 1. The number of aromatic nitrogens is 2. The fourth-order valence-corrected chi connectivity index (χ4v) is 1.50. The molecule has 0 aliphatic heterocycles. The lowest BCUT2D eigenvalue weighted by molar-refractivity contribution is 0.215. The summed E-state index contributed by atoms with van der Waals surface area (Å²) in [7, 11) is 1.40. The Labute approximate surface area is 115 Å². The number of nitrogens with two attached hydrogens (primary N) is 1. The second-order valence-electron chi connectivity index (χ2n) is 3.77. The van der Waals surface area contributed by atoms with Crippen LogP contribution in [-0.2, 0) is 11.4 Å². The van der Waals surface area contributed by atoms with Crippen LogP contribution in [0.1, 0.15) is 11.1 Å². The van der Waals surface area contributed by atoms with E-state index in [2.05, 4.69) is 20.0 Å². The van der Waals surface area contributed by atoms with Gasteiger partial charge in [0.15, 0.2) is 0 Å². The molecule has 0 atom stereocenters. The number of hydrogen-bond acceptors (Lipinski definition) is 6. The van der Waals surface area contributed by atoms with Crippen LogP contribution in [0.3, 0.4) is 0 Å². The van der Waals surface area contributed by atoms with E-state index in [9.17, 15) is 4.39 Å². The zero-order valence-corrected chi connectivity index (χ0v) is 10.8. The number of nitrogens with zero attached hydrogens (tertiary/aromatic N) is 3. The molecule has 0 aliphatic carbocycles. The maximum atomic E-state index is 13.5. The highest BCUT2D eigenvalue weighted by Gasteiger charge is 2.10. The number of ether oxygens (including phenoxy) is 1. The molecule has 0 unspecified atom stereocenters. The minimum Gasteiger partial charge on any atom is -0.472 e. The van der Waals surface area contributed by atoms with Gasteiger partial charge in [-0.25, -0.2) is 14.4 Å². The fraction of sp³-hybridized carbons (Fsp3) is 0.154. The van der Waals surface area contributed by atoms with Crippen LogP contribution in [0, 0.1) is 5.82 Å². The van der Waals surface area contributed by atoms with Crippen LogP contribution >= 0.6 is 0 Å². The Balaban J connectivity index is 2.19. The van der Waals surface area contributed by atoms with E-state index in [1.165, 1.54) is 25.7 Å². The van der Waals surface area contributed by atoms with Crippen molar-refractivity contribution in [2.75, 3.05) is 12.8 Å². The van der Waals surface area contributed by atoms with E-state index in [1.807, 2.05) is 0 Å². The van der Waals surface area contributed by atoms with Crippen LogP contribution in [-0.4, -0.2) is 23.3 Å². The summed E-state index contributed by atoms with van der Waals surface area (Å²) in [5.74, 6) is 0.0625. The van der Waals surface area contributed by atoms with Crippen molar-refractivity contribution in [1.82, 2.24) is 9.97 Å². The first kappa shape index (κ1) is 13.7. The van der Waals surface area contributed by atoms with Gasteiger partial charge in [-0.05, 0) is 6.07 Å². The van der Waals surface area contributed by atoms with Gasteiger partial charge in [-0.3, -0.25) is 0 Å². The van der Waals surface area contributed by atoms with Gasteiger partial charge in [-0.1, -0.05) is 23.4 Å². The van der Waals surface area contributed by atoms with E-state index < -0.39 is 0 Å². The molecule has 0 radical (unpaired) electrons. The number of halogens is 1. The van der Waals surface area contributed by atoms with Gasteiger partial charge in [-0.2, -0.15) is 0 Å². The van der Waals surface area contributed by atoms with Crippen LogP contribution < -0.4 is 10.5 Å². The van der Waals surface area contributed by atoms with Gasteiger partial charge >= 0.3 is 0 Å². The molecule has 7 heteroatoms. The van der Waals surface area contributed by atoms with Crippen LogP contribution in [0.4, 0.5) is 10.2 Å². The maximum Gasteiger partial charge on any atom is 0.228 e. The van der Waals surface area contributed by atoms with Crippen molar-refractivity contribution >= 4 is 12.0 Å². The van der Waals surface area contributed by atoms with E-state index in [4.69, 9.17) is 10.5 Å². The standard InChI is InChI=1S/C13H13FN4O2/c1-19-18-6-10-12(15)16-8-17-13(10)20-7-9-4-2-3-5-11(9)14/h2-6,8H,7H2,1H3,(H2,15,16,17)/b18-6-. The Hall–Kier alpha value is -2.70. The molecule has 0 bridgehead atoms. The first-order chi connectivity index (χ1) is 9.72. The normalized spacial score (nSPS) is 10.7. The lowest BCUT2D eigenvalue weighted by Crippen LogP contribution is -2.06. The van der Waals surface area contributed by atoms with E-state index in [-0.39, 0.29) is 24.1 Å². The van der Waals surface area contributed by atoms with Gasteiger partial charge in [0.1, 0.15) is 37.2 Å². The van der Waals surface area contributed by atoms with Gasteiger partial charge in [0.05, 0.1) is 6.21 Å². The lowest BCUT2D eigenvalue weighted by atomic mass is 10.2. The van der Waals surface area contributed by atoms with E-state index in [0.29, 0.717) is 11.1 Å². The molecular weight excluding hydrogens is 263 g/mol. The molecule has 0 amide bonds. The summed E-state index contributed by atoms with van der Waals surface area (Å²) in [6, 6.07) is 6.32. The number of rotatable bonds is 5. The summed E-state index contributed by atoms with van der Waals surface area (Å²) in [5, 5.41) is 3.60. The Morgan fingerprint density at radius 2 is 2.15 bits per heavy atom. The quantitative estimate of drug-likeness (QED) is 0.664. The third-order valence-electron chi connectivity index (χ3n) is 2.49. The molecule has 6 nitrogen and oxygen atoms in total.